The minimum Gasteiger partial charge on any atom is -0.497 e. The number of nitrogens with zero attached hydrogens (tertiary/aromatic N) is 2. The van der Waals surface area contributed by atoms with Crippen LogP contribution in [0.25, 0.3) is 11.0 Å². The van der Waals surface area contributed by atoms with Crippen LogP contribution >= 0.6 is 0 Å². The highest BCUT2D eigenvalue weighted by Gasteiger charge is 2.16. The summed E-state index contributed by atoms with van der Waals surface area (Å²) in [6, 6.07) is 14.2. The van der Waals surface area contributed by atoms with Crippen LogP contribution in [0.2, 0.25) is 0 Å². The van der Waals surface area contributed by atoms with Gasteiger partial charge in [0.05, 0.1) is 24.2 Å². The number of para-hydroxylation sites is 1. The molecule has 4 nitrogen and oxygen atoms in total. The molecule has 0 saturated heterocycles. The van der Waals surface area contributed by atoms with Gasteiger partial charge in [-0.05, 0) is 30.8 Å². The third kappa shape index (κ3) is 2.58. The van der Waals surface area contributed by atoms with Crippen LogP contribution in [0, 0.1) is 0 Å². The fourth-order valence-corrected chi connectivity index (χ4v) is 2.57. The van der Waals surface area contributed by atoms with Gasteiger partial charge in [-0.15, -0.1) is 0 Å². The Bertz CT molecular complexity index is 752. The van der Waals surface area contributed by atoms with E-state index in [1.54, 1.807) is 19.5 Å². The van der Waals surface area contributed by atoms with Gasteiger partial charge in [0.15, 0.2) is 0 Å². The zero-order valence-electron chi connectivity index (χ0n) is 12.1. The van der Waals surface area contributed by atoms with Gasteiger partial charge in [0.25, 0.3) is 0 Å². The van der Waals surface area contributed by atoms with E-state index in [1.807, 2.05) is 37.4 Å². The summed E-state index contributed by atoms with van der Waals surface area (Å²) in [6.45, 7) is 0. The van der Waals surface area contributed by atoms with Crippen molar-refractivity contribution in [2.45, 2.75) is 6.04 Å². The predicted octanol–water partition coefficient (Wildman–Crippen LogP) is 2.95. The maximum atomic E-state index is 5.32. The van der Waals surface area contributed by atoms with E-state index >= 15 is 0 Å². The van der Waals surface area contributed by atoms with Crippen molar-refractivity contribution in [1.82, 2.24) is 15.3 Å². The molecule has 1 aromatic heterocycles. The Morgan fingerprint density at radius 2 is 1.86 bits per heavy atom. The number of hydrogen-bond donors (Lipinski definition) is 1. The normalized spacial score (nSPS) is 12.3. The van der Waals surface area contributed by atoms with Crippen LogP contribution in [0.3, 0.4) is 0 Å². The number of methoxy groups -OCH3 is 1. The molecule has 0 fully saturated rings. The molecular weight excluding hydrogens is 262 g/mol. The first-order valence-corrected chi connectivity index (χ1v) is 6.84. The second-order valence-electron chi connectivity index (χ2n) is 4.77. The highest BCUT2D eigenvalue weighted by atomic mass is 16.5. The van der Waals surface area contributed by atoms with Crippen LogP contribution in [-0.4, -0.2) is 24.1 Å². The van der Waals surface area contributed by atoms with Gasteiger partial charge in [-0.25, -0.2) is 0 Å². The van der Waals surface area contributed by atoms with Crippen molar-refractivity contribution in [3.63, 3.8) is 0 Å². The van der Waals surface area contributed by atoms with E-state index in [-0.39, 0.29) is 6.04 Å². The maximum Gasteiger partial charge on any atom is 0.119 e. The summed E-state index contributed by atoms with van der Waals surface area (Å²) in [5, 5.41) is 3.35. The highest BCUT2D eigenvalue weighted by Crippen LogP contribution is 2.28. The number of aromatic nitrogens is 2. The minimum absolute atomic E-state index is 0.0421. The van der Waals surface area contributed by atoms with Gasteiger partial charge in [0.1, 0.15) is 5.75 Å². The number of fused-ring (bicyclic) bond motifs is 1. The topological polar surface area (TPSA) is 47.0 Å². The first kappa shape index (κ1) is 13.5. The summed E-state index contributed by atoms with van der Waals surface area (Å²) in [4.78, 5) is 8.86. The quantitative estimate of drug-likeness (QED) is 0.797. The standard InChI is InChI=1S/C17H17N3O/c1-18-16(12-5-3-6-13(11-12)21-2)14-7-4-8-15-17(14)20-10-9-19-15/h3-11,16,18H,1-2H3. The number of benzene rings is 2. The molecule has 1 atom stereocenters. The molecule has 0 saturated carbocycles. The summed E-state index contributed by atoms with van der Waals surface area (Å²) in [6.07, 6.45) is 3.44. The smallest absolute Gasteiger partial charge is 0.119 e. The lowest BCUT2D eigenvalue weighted by molar-refractivity contribution is 0.414. The Morgan fingerprint density at radius 1 is 1.05 bits per heavy atom. The summed E-state index contributed by atoms with van der Waals surface area (Å²) in [7, 11) is 3.62. The Kier molecular flexibility index (Phi) is 3.79. The van der Waals surface area contributed by atoms with Gasteiger partial charge in [-0.3, -0.25) is 9.97 Å². The molecule has 0 aliphatic heterocycles. The van der Waals surface area contributed by atoms with Gasteiger partial charge < -0.3 is 10.1 Å². The first-order chi connectivity index (χ1) is 10.3. The van der Waals surface area contributed by atoms with E-state index in [0.29, 0.717) is 0 Å². The Balaban J connectivity index is 2.13. The molecule has 0 aliphatic carbocycles. The van der Waals surface area contributed by atoms with Crippen molar-refractivity contribution in [2.75, 3.05) is 14.2 Å². The second kappa shape index (κ2) is 5.89. The maximum absolute atomic E-state index is 5.32. The molecule has 3 aromatic rings. The first-order valence-electron chi connectivity index (χ1n) is 6.84. The van der Waals surface area contributed by atoms with Crippen LogP contribution in [0.5, 0.6) is 5.75 Å². The summed E-state index contributed by atoms with van der Waals surface area (Å²) in [5.41, 5.74) is 4.06. The van der Waals surface area contributed by atoms with Crippen LogP contribution in [0.1, 0.15) is 17.2 Å². The van der Waals surface area contributed by atoms with Crippen molar-refractivity contribution >= 4 is 11.0 Å². The average Bonchev–Trinajstić information content (AvgIpc) is 2.56. The number of rotatable bonds is 4. The largest absolute Gasteiger partial charge is 0.497 e. The lowest BCUT2D eigenvalue weighted by atomic mass is 9.97. The fraction of sp³-hybridized carbons (Fsp3) is 0.176. The van der Waals surface area contributed by atoms with Crippen molar-refractivity contribution in [2.24, 2.45) is 0 Å². The average molecular weight is 279 g/mol. The summed E-state index contributed by atoms with van der Waals surface area (Å²) in [5.74, 6) is 0.846. The van der Waals surface area contributed by atoms with E-state index < -0.39 is 0 Å². The van der Waals surface area contributed by atoms with E-state index in [2.05, 4.69) is 27.4 Å². The molecule has 0 aliphatic rings. The third-order valence-corrected chi connectivity index (χ3v) is 3.56. The summed E-state index contributed by atoms with van der Waals surface area (Å²) >= 11 is 0. The van der Waals surface area contributed by atoms with Gasteiger partial charge in [0.2, 0.25) is 0 Å². The molecule has 1 N–H and O–H groups in total. The molecule has 0 bridgehead atoms. The zero-order valence-corrected chi connectivity index (χ0v) is 12.1. The third-order valence-electron chi connectivity index (χ3n) is 3.56. The highest BCUT2D eigenvalue weighted by molar-refractivity contribution is 5.78. The molecule has 0 spiro atoms. The zero-order chi connectivity index (χ0) is 14.7. The Hall–Kier alpha value is -2.46. The van der Waals surface area contributed by atoms with Crippen molar-refractivity contribution in [3.05, 3.63) is 66.0 Å². The van der Waals surface area contributed by atoms with E-state index in [9.17, 15) is 0 Å². The Morgan fingerprint density at radius 3 is 2.67 bits per heavy atom. The monoisotopic (exact) mass is 279 g/mol. The molecule has 106 valence electrons. The van der Waals surface area contributed by atoms with Gasteiger partial charge in [0, 0.05) is 18.0 Å². The van der Waals surface area contributed by atoms with Crippen molar-refractivity contribution in [1.29, 1.82) is 0 Å². The van der Waals surface area contributed by atoms with Crippen LogP contribution in [-0.2, 0) is 0 Å². The summed E-state index contributed by atoms with van der Waals surface area (Å²) < 4.78 is 5.32. The second-order valence-corrected chi connectivity index (χ2v) is 4.77. The van der Waals surface area contributed by atoms with Gasteiger partial charge in [-0.2, -0.15) is 0 Å². The van der Waals surface area contributed by atoms with Crippen LogP contribution in [0.4, 0.5) is 0 Å². The van der Waals surface area contributed by atoms with Gasteiger partial charge >= 0.3 is 0 Å². The van der Waals surface area contributed by atoms with Crippen LogP contribution in [0.15, 0.2) is 54.9 Å². The predicted molar refractivity (Wildman–Crippen MR) is 83.4 cm³/mol. The van der Waals surface area contributed by atoms with Gasteiger partial charge in [-0.1, -0.05) is 24.3 Å². The molecule has 1 heterocycles. The molecular formula is C17H17N3O. The van der Waals surface area contributed by atoms with E-state index in [0.717, 1.165) is 27.9 Å². The van der Waals surface area contributed by atoms with Crippen molar-refractivity contribution < 1.29 is 4.74 Å². The van der Waals surface area contributed by atoms with E-state index in [4.69, 9.17) is 4.74 Å². The molecule has 21 heavy (non-hydrogen) atoms. The molecule has 1 unspecified atom stereocenters. The molecule has 0 amide bonds. The van der Waals surface area contributed by atoms with Crippen LogP contribution < -0.4 is 10.1 Å². The minimum atomic E-state index is 0.0421. The lowest BCUT2D eigenvalue weighted by Gasteiger charge is -2.19. The molecule has 4 heteroatoms. The number of nitrogens with one attached hydrogen (secondary N) is 1. The fourth-order valence-electron chi connectivity index (χ4n) is 2.57. The number of hydrogen-bond acceptors (Lipinski definition) is 4. The van der Waals surface area contributed by atoms with Crippen molar-refractivity contribution in [3.8, 4) is 5.75 Å². The van der Waals surface area contributed by atoms with E-state index in [1.165, 1.54) is 0 Å². The molecule has 0 radical (unpaired) electrons. The molecule has 3 rings (SSSR count). The number of ether oxygens (including phenoxy) is 1. The Labute approximate surface area is 123 Å². The SMILES string of the molecule is CNC(c1cccc(OC)c1)c1cccc2nccnc12. The molecule has 2 aromatic carbocycles. The lowest BCUT2D eigenvalue weighted by Crippen LogP contribution is -2.18.